The van der Waals surface area contributed by atoms with Crippen molar-refractivity contribution in [3.05, 3.63) is 0 Å². The predicted molar refractivity (Wildman–Crippen MR) is 108 cm³/mol. The predicted octanol–water partition coefficient (Wildman–Crippen LogP) is 4.13. The molecule has 0 amide bonds. The summed E-state index contributed by atoms with van der Waals surface area (Å²) in [6.45, 7) is 10.7. The maximum atomic E-state index is 11.5. The van der Waals surface area contributed by atoms with Gasteiger partial charge in [0.25, 0.3) is 0 Å². The molecule has 0 aromatic heterocycles. The summed E-state index contributed by atoms with van der Waals surface area (Å²) >= 11 is 0. The van der Waals surface area contributed by atoms with E-state index in [9.17, 15) is 10.2 Å². The van der Waals surface area contributed by atoms with Crippen molar-refractivity contribution in [1.82, 2.24) is 0 Å². The minimum absolute atomic E-state index is 0.0734. The van der Waals surface area contributed by atoms with Crippen LogP contribution in [0.3, 0.4) is 0 Å². The van der Waals surface area contributed by atoms with Crippen molar-refractivity contribution in [2.75, 3.05) is 13.2 Å². The summed E-state index contributed by atoms with van der Waals surface area (Å²) in [4.78, 5) is 0. The fraction of sp³-hybridized carbons (Fsp3) is 1.00. The van der Waals surface area contributed by atoms with Crippen LogP contribution in [0, 0.1) is 39.9 Å². The molecule has 4 saturated carbocycles. The highest BCUT2D eigenvalue weighted by atomic mass is 16.7. The largest absolute Gasteiger partial charge is 0.393 e. The molecule has 0 bridgehead atoms. The van der Waals surface area contributed by atoms with E-state index in [4.69, 9.17) is 9.47 Å². The maximum absolute atomic E-state index is 11.5. The molecule has 1 heterocycles. The van der Waals surface area contributed by atoms with Crippen LogP contribution in [0.5, 0.6) is 0 Å². The molecule has 0 aromatic rings. The topological polar surface area (TPSA) is 58.9 Å². The van der Waals surface area contributed by atoms with Crippen molar-refractivity contribution in [2.24, 2.45) is 39.9 Å². The molecule has 28 heavy (non-hydrogen) atoms. The van der Waals surface area contributed by atoms with Crippen LogP contribution < -0.4 is 0 Å². The quantitative estimate of drug-likeness (QED) is 0.651. The minimum atomic E-state index is -0.500. The fourth-order valence-electron chi connectivity index (χ4n) is 8.49. The lowest BCUT2D eigenvalue weighted by molar-refractivity contribution is -0.353. The van der Waals surface area contributed by atoms with Crippen LogP contribution in [-0.2, 0) is 9.47 Å². The first kappa shape index (κ1) is 19.8. The summed E-state index contributed by atoms with van der Waals surface area (Å²) in [6.07, 6.45) is 7.79. The Morgan fingerprint density at radius 1 is 0.857 bits per heavy atom. The average molecular weight is 393 g/mol. The second-order valence-electron chi connectivity index (χ2n) is 12.2. The van der Waals surface area contributed by atoms with Gasteiger partial charge < -0.3 is 19.7 Å². The Morgan fingerprint density at radius 3 is 2.29 bits per heavy atom. The fourth-order valence-corrected chi connectivity index (χ4v) is 8.49. The first-order valence-corrected chi connectivity index (χ1v) is 11.7. The Balaban J connectivity index is 1.45. The molecule has 2 N–H and O–H groups in total. The number of fused-ring (bicyclic) bond motifs is 6. The SMILES string of the molecule is CC1(C)COC2(CC[C@H]3[C@@H]4CC[C@H]5C[C@H](O)CC[C@]5(C)C4C(O)C[C@@]32C)OC1. The smallest absolute Gasteiger partial charge is 0.173 e. The number of ether oxygens (including phenoxy) is 2. The highest BCUT2D eigenvalue weighted by Crippen LogP contribution is 2.69. The van der Waals surface area contributed by atoms with Gasteiger partial charge in [-0.05, 0) is 74.0 Å². The Hall–Kier alpha value is -0.160. The molecule has 4 nitrogen and oxygen atoms in total. The molecular weight excluding hydrogens is 352 g/mol. The van der Waals surface area contributed by atoms with E-state index in [2.05, 4.69) is 27.7 Å². The minimum Gasteiger partial charge on any atom is -0.393 e. The molecule has 160 valence electrons. The Morgan fingerprint density at radius 2 is 1.57 bits per heavy atom. The van der Waals surface area contributed by atoms with Gasteiger partial charge in [-0.3, -0.25) is 0 Å². The number of hydrogen-bond donors (Lipinski definition) is 2. The van der Waals surface area contributed by atoms with E-state index in [1.165, 1.54) is 12.8 Å². The third-order valence-electron chi connectivity index (χ3n) is 10.0. The first-order chi connectivity index (χ1) is 13.1. The second kappa shape index (κ2) is 6.18. The van der Waals surface area contributed by atoms with Crippen LogP contribution in [0.2, 0.25) is 0 Å². The Kier molecular flexibility index (Phi) is 4.37. The van der Waals surface area contributed by atoms with Crippen molar-refractivity contribution in [1.29, 1.82) is 0 Å². The van der Waals surface area contributed by atoms with Crippen molar-refractivity contribution in [2.45, 2.75) is 97.1 Å². The van der Waals surface area contributed by atoms with E-state index < -0.39 is 5.79 Å². The molecule has 4 aliphatic carbocycles. The zero-order valence-corrected chi connectivity index (χ0v) is 18.2. The summed E-state index contributed by atoms with van der Waals surface area (Å²) in [5.74, 6) is 1.57. The van der Waals surface area contributed by atoms with Gasteiger partial charge >= 0.3 is 0 Å². The van der Waals surface area contributed by atoms with Gasteiger partial charge in [0.2, 0.25) is 0 Å². The summed E-state index contributed by atoms with van der Waals surface area (Å²) in [6, 6.07) is 0. The van der Waals surface area contributed by atoms with Gasteiger partial charge in [0, 0.05) is 17.3 Å². The zero-order chi connectivity index (χ0) is 19.9. The van der Waals surface area contributed by atoms with Crippen molar-refractivity contribution < 1.29 is 19.7 Å². The molecule has 8 atom stereocenters. The van der Waals surface area contributed by atoms with Crippen LogP contribution in [0.25, 0.3) is 0 Å². The van der Waals surface area contributed by atoms with Crippen molar-refractivity contribution >= 4 is 0 Å². The van der Waals surface area contributed by atoms with Crippen molar-refractivity contribution in [3.63, 3.8) is 0 Å². The molecule has 1 spiro atoms. The Bertz CT molecular complexity index is 622. The lowest BCUT2D eigenvalue weighted by atomic mass is 9.44. The van der Waals surface area contributed by atoms with E-state index in [0.29, 0.717) is 23.7 Å². The molecule has 5 rings (SSSR count). The van der Waals surface area contributed by atoms with E-state index in [1.54, 1.807) is 0 Å². The normalized spacial score (nSPS) is 54.6. The second-order valence-corrected chi connectivity index (χ2v) is 12.2. The standard InChI is InChI=1S/C24H40O4/c1-21(2)13-27-24(28-14-21)10-8-18-17-6-5-15-11-16(25)7-9-22(15,3)20(17)19(26)12-23(18,24)4/h15-20,25-26H,5-14H2,1-4H3/t15-,16+,17-,18-,19?,20?,22-,23-/m0/s1. The monoisotopic (exact) mass is 392 g/mol. The van der Waals surface area contributed by atoms with Gasteiger partial charge in [0.15, 0.2) is 5.79 Å². The first-order valence-electron chi connectivity index (χ1n) is 11.7. The lowest BCUT2D eigenvalue weighted by Gasteiger charge is -2.63. The average Bonchev–Trinajstić information content (AvgIpc) is 2.90. The van der Waals surface area contributed by atoms with E-state index >= 15 is 0 Å². The van der Waals surface area contributed by atoms with E-state index in [1.807, 2.05) is 0 Å². The highest BCUT2D eigenvalue weighted by Gasteiger charge is 2.69. The van der Waals surface area contributed by atoms with Gasteiger partial charge in [-0.1, -0.05) is 27.7 Å². The van der Waals surface area contributed by atoms with Crippen LogP contribution >= 0.6 is 0 Å². The van der Waals surface area contributed by atoms with Gasteiger partial charge in [0.05, 0.1) is 25.4 Å². The summed E-state index contributed by atoms with van der Waals surface area (Å²) in [7, 11) is 0. The maximum Gasteiger partial charge on any atom is 0.173 e. The van der Waals surface area contributed by atoms with Gasteiger partial charge in [0.1, 0.15) is 0 Å². The van der Waals surface area contributed by atoms with Crippen LogP contribution in [-0.4, -0.2) is 41.4 Å². The molecule has 0 radical (unpaired) electrons. The van der Waals surface area contributed by atoms with Gasteiger partial charge in [-0.15, -0.1) is 0 Å². The molecule has 1 aliphatic heterocycles. The number of aliphatic hydroxyl groups excluding tert-OH is 2. The molecule has 5 aliphatic rings. The van der Waals surface area contributed by atoms with E-state index in [-0.39, 0.29) is 28.5 Å². The summed E-state index contributed by atoms with van der Waals surface area (Å²) in [5, 5.41) is 21.8. The molecule has 1 saturated heterocycles. The third-order valence-corrected chi connectivity index (χ3v) is 10.0. The summed E-state index contributed by atoms with van der Waals surface area (Å²) < 4.78 is 13.0. The number of rotatable bonds is 0. The van der Waals surface area contributed by atoms with Crippen molar-refractivity contribution in [3.8, 4) is 0 Å². The number of hydrogen-bond acceptors (Lipinski definition) is 4. The van der Waals surface area contributed by atoms with Gasteiger partial charge in [-0.2, -0.15) is 0 Å². The van der Waals surface area contributed by atoms with Crippen LogP contribution in [0.1, 0.15) is 79.1 Å². The molecule has 5 fully saturated rings. The lowest BCUT2D eigenvalue weighted by Crippen LogP contribution is -2.64. The highest BCUT2D eigenvalue weighted by molar-refractivity contribution is 5.15. The molecular formula is C24H40O4. The van der Waals surface area contributed by atoms with Crippen LogP contribution in [0.4, 0.5) is 0 Å². The Labute approximate surface area is 170 Å². The summed E-state index contributed by atoms with van der Waals surface area (Å²) in [5.41, 5.74) is 0.153. The zero-order valence-electron chi connectivity index (χ0n) is 18.2. The molecule has 4 heteroatoms. The van der Waals surface area contributed by atoms with Crippen LogP contribution in [0.15, 0.2) is 0 Å². The van der Waals surface area contributed by atoms with E-state index in [0.717, 1.165) is 51.7 Å². The molecule has 0 aromatic carbocycles. The third kappa shape index (κ3) is 2.57. The molecule has 2 unspecified atom stereocenters. The van der Waals surface area contributed by atoms with Gasteiger partial charge in [-0.25, -0.2) is 0 Å². The number of aliphatic hydroxyl groups is 2.